The van der Waals surface area contributed by atoms with Gasteiger partial charge in [-0.15, -0.1) is 25.6 Å². The topological polar surface area (TPSA) is 234 Å². The lowest BCUT2D eigenvalue weighted by molar-refractivity contribution is 0.319. The van der Waals surface area contributed by atoms with Crippen LogP contribution in [0.4, 0.5) is 45.5 Å². The monoisotopic (exact) mass is 945 g/mol. The maximum atomic E-state index is 12.3. The van der Waals surface area contributed by atoms with Gasteiger partial charge in [-0.2, -0.15) is 21.9 Å². The lowest BCUT2D eigenvalue weighted by Crippen LogP contribution is -2.08. The van der Waals surface area contributed by atoms with Crippen molar-refractivity contribution in [3.05, 3.63) is 158 Å². The quantitative estimate of drug-likeness (QED) is 0.0431. The number of phenolic OH excluding ortho intramolecular Hbond substituents is 1. The number of nitrogens with zero attached hydrogens (tertiary/aromatic N) is 6. The van der Waals surface area contributed by atoms with E-state index in [4.69, 9.17) is 14.0 Å². The summed E-state index contributed by atoms with van der Waals surface area (Å²) in [5.41, 5.74) is 4.17. The van der Waals surface area contributed by atoms with Gasteiger partial charge in [0.05, 0.1) is 52.8 Å². The zero-order valence-electron chi connectivity index (χ0n) is 35.9. The number of nitrogens with one attached hydrogen (secondary N) is 1. The Hall–Kier alpha value is -8.16. The fourth-order valence-corrected chi connectivity index (χ4v) is 8.54. The van der Waals surface area contributed by atoms with Crippen LogP contribution in [0.3, 0.4) is 0 Å². The summed E-state index contributed by atoms with van der Waals surface area (Å²) in [6.07, 6.45) is 0.142. The smallest absolute Gasteiger partial charge is 0.294 e. The number of hydrogen-bond donors (Lipinski definition) is 4. The van der Waals surface area contributed by atoms with Crippen molar-refractivity contribution in [3.8, 4) is 17.2 Å². The minimum Gasteiger partial charge on any atom is -0.505 e. The van der Waals surface area contributed by atoms with E-state index in [9.17, 15) is 26.5 Å². The van der Waals surface area contributed by atoms with Crippen molar-refractivity contribution < 1.29 is 40.5 Å². The van der Waals surface area contributed by atoms with Gasteiger partial charge >= 0.3 is 0 Å². The summed E-state index contributed by atoms with van der Waals surface area (Å²) in [7, 11) is -7.06. The van der Waals surface area contributed by atoms with E-state index in [-0.39, 0.29) is 40.8 Å². The predicted molar refractivity (Wildman–Crippen MR) is 263 cm³/mol. The average Bonchev–Trinajstić information content (AvgIpc) is 3.33. The van der Waals surface area contributed by atoms with Gasteiger partial charge < -0.3 is 19.9 Å². The largest absolute Gasteiger partial charge is 0.505 e. The summed E-state index contributed by atoms with van der Waals surface area (Å²) in [6, 6.07) is 45.8. The second-order valence-corrected chi connectivity index (χ2v) is 18.4. The van der Waals surface area contributed by atoms with Gasteiger partial charge in [0, 0.05) is 43.7 Å². The maximum Gasteiger partial charge on any atom is 0.294 e. The standard InChI is InChI=1S/C50H39N7O9S2/c1-65-36-15-11-33(12-16-36)51-34-13-19-39-32(28-34)10-21-48(50(39)58)57-56-47-25-24-46(42-20-17-37(30-43(42)47)68(62,63)64)55-54-45-23-22-44(40-7-2-3-8-41(40)45)53-52-35-14-18-38-31(29-35)6-4-9-49(38)66-26-5-27-67(59,60)61/h2-4,6-25,28-30,51,58H,5,26-27H2,1H3,(H,59,60,61)(H,62,63,64). The molecule has 0 spiro atoms. The van der Waals surface area contributed by atoms with Gasteiger partial charge in [-0.05, 0) is 126 Å². The lowest BCUT2D eigenvalue weighted by atomic mass is 10.1. The first-order valence-corrected chi connectivity index (χ1v) is 23.9. The number of azo groups is 3. The molecule has 18 heteroatoms. The van der Waals surface area contributed by atoms with Crippen LogP contribution in [0, 0.1) is 0 Å². The van der Waals surface area contributed by atoms with Gasteiger partial charge in [-0.3, -0.25) is 9.11 Å². The highest BCUT2D eigenvalue weighted by molar-refractivity contribution is 7.86. The molecule has 0 aromatic heterocycles. The number of phenols is 1. The molecule has 0 saturated heterocycles. The third-order valence-electron chi connectivity index (χ3n) is 10.9. The first-order chi connectivity index (χ1) is 32.8. The molecule has 0 amide bonds. The van der Waals surface area contributed by atoms with E-state index in [1.54, 1.807) is 55.6 Å². The third-order valence-corrected chi connectivity index (χ3v) is 12.6. The SMILES string of the molecule is COc1ccc(Nc2ccc3c(O)c(N=Nc4ccc(N=Nc5ccc(N=Nc6ccc7c(OCCCS(=O)(=O)O)cccc7c6)c6ccccc56)c5ccc(S(=O)(=O)O)cc45)ccc3c2)cc1. The predicted octanol–water partition coefficient (Wildman–Crippen LogP) is 13.9. The minimum atomic E-state index is -4.60. The van der Waals surface area contributed by atoms with Gasteiger partial charge in [0.15, 0.2) is 5.75 Å². The van der Waals surface area contributed by atoms with Crippen molar-refractivity contribution >= 4 is 109 Å². The fourth-order valence-electron chi connectivity index (χ4n) is 7.55. The Balaban J connectivity index is 0.971. The fraction of sp³-hybridized carbons (Fsp3) is 0.0800. The van der Waals surface area contributed by atoms with Crippen LogP contribution in [0.2, 0.25) is 0 Å². The molecule has 0 heterocycles. The molecule has 4 N–H and O–H groups in total. The molecular weight excluding hydrogens is 907 g/mol. The molecule has 0 radical (unpaired) electrons. The molecule has 0 aliphatic heterocycles. The number of benzene rings is 9. The summed E-state index contributed by atoms with van der Waals surface area (Å²) in [6.45, 7) is 0.116. The van der Waals surface area contributed by atoms with Crippen LogP contribution >= 0.6 is 0 Å². The maximum absolute atomic E-state index is 12.3. The number of ether oxygens (including phenoxy) is 2. The third kappa shape index (κ3) is 10.1. The first kappa shape index (κ1) is 45.0. The van der Waals surface area contributed by atoms with E-state index >= 15 is 0 Å². The summed E-state index contributed by atoms with van der Waals surface area (Å²) in [5, 5.41) is 46.8. The van der Waals surface area contributed by atoms with Crippen molar-refractivity contribution in [2.45, 2.75) is 11.3 Å². The second kappa shape index (κ2) is 19.0. The van der Waals surface area contributed by atoms with E-state index in [2.05, 4.69) is 36.0 Å². The van der Waals surface area contributed by atoms with Crippen molar-refractivity contribution in [2.75, 3.05) is 24.8 Å². The van der Waals surface area contributed by atoms with Crippen molar-refractivity contribution in [1.82, 2.24) is 0 Å². The highest BCUT2D eigenvalue weighted by Gasteiger charge is 2.16. The van der Waals surface area contributed by atoms with Crippen LogP contribution in [0.25, 0.3) is 43.1 Å². The molecule has 0 saturated carbocycles. The number of hydrogen-bond acceptors (Lipinski definition) is 14. The Morgan fingerprint density at radius 1 is 0.515 bits per heavy atom. The molecule has 0 aliphatic carbocycles. The zero-order valence-corrected chi connectivity index (χ0v) is 37.6. The van der Waals surface area contributed by atoms with Gasteiger partial charge in [0.1, 0.15) is 17.2 Å². The van der Waals surface area contributed by atoms with Crippen molar-refractivity contribution in [3.63, 3.8) is 0 Å². The summed E-state index contributed by atoms with van der Waals surface area (Å²) >= 11 is 0. The first-order valence-electron chi connectivity index (χ1n) is 20.9. The lowest BCUT2D eigenvalue weighted by Gasteiger charge is -2.10. The molecule has 0 aliphatic rings. The van der Waals surface area contributed by atoms with Crippen LogP contribution in [-0.2, 0) is 20.2 Å². The molecule has 0 fully saturated rings. The van der Waals surface area contributed by atoms with E-state index in [0.717, 1.165) is 44.1 Å². The number of rotatable bonds is 15. The minimum absolute atomic E-state index is 0.0966. The Bertz CT molecular complexity index is 3740. The van der Waals surface area contributed by atoms with Crippen molar-refractivity contribution in [2.24, 2.45) is 30.7 Å². The van der Waals surface area contributed by atoms with E-state index in [0.29, 0.717) is 44.7 Å². The molecule has 9 aromatic rings. The highest BCUT2D eigenvalue weighted by Crippen LogP contribution is 2.41. The number of aromatic hydroxyl groups is 1. The van der Waals surface area contributed by atoms with Gasteiger partial charge in [-0.25, -0.2) is 0 Å². The van der Waals surface area contributed by atoms with E-state index in [1.807, 2.05) is 91.0 Å². The average molecular weight is 946 g/mol. The molecular formula is C50H39N7O9S2. The summed E-state index contributed by atoms with van der Waals surface area (Å²) < 4.78 is 76.7. The van der Waals surface area contributed by atoms with Gasteiger partial charge in [0.25, 0.3) is 20.2 Å². The molecule has 16 nitrogen and oxygen atoms in total. The Morgan fingerprint density at radius 2 is 1.09 bits per heavy atom. The summed E-state index contributed by atoms with van der Waals surface area (Å²) in [5.74, 6) is 0.827. The number of fused-ring (bicyclic) bond motifs is 4. The van der Waals surface area contributed by atoms with Crippen LogP contribution in [0.1, 0.15) is 6.42 Å². The molecule has 9 rings (SSSR count). The van der Waals surface area contributed by atoms with Crippen LogP contribution in [-0.4, -0.2) is 50.5 Å². The number of anilines is 2. The Kier molecular flexibility index (Phi) is 12.6. The Labute approximate surface area is 389 Å². The number of methoxy groups -OCH3 is 1. The zero-order chi connectivity index (χ0) is 47.4. The van der Waals surface area contributed by atoms with Crippen LogP contribution in [0.15, 0.2) is 193 Å². The molecule has 68 heavy (non-hydrogen) atoms. The van der Waals surface area contributed by atoms with Gasteiger partial charge in [-0.1, -0.05) is 48.5 Å². The molecule has 9 aromatic carbocycles. The summed E-state index contributed by atoms with van der Waals surface area (Å²) in [4.78, 5) is -0.354. The molecule has 0 unspecified atom stereocenters. The van der Waals surface area contributed by atoms with Crippen LogP contribution < -0.4 is 14.8 Å². The van der Waals surface area contributed by atoms with E-state index < -0.39 is 20.2 Å². The second-order valence-electron chi connectivity index (χ2n) is 15.4. The van der Waals surface area contributed by atoms with Crippen LogP contribution in [0.5, 0.6) is 17.2 Å². The highest BCUT2D eigenvalue weighted by atomic mass is 32.2. The normalized spacial score (nSPS) is 12.3. The molecule has 340 valence electrons. The van der Waals surface area contributed by atoms with Gasteiger partial charge in [0.2, 0.25) is 0 Å². The molecule has 0 bridgehead atoms. The van der Waals surface area contributed by atoms with E-state index in [1.165, 1.54) is 18.2 Å². The molecule has 0 atom stereocenters. The Morgan fingerprint density at radius 3 is 1.75 bits per heavy atom. The van der Waals surface area contributed by atoms with Crippen molar-refractivity contribution in [1.29, 1.82) is 0 Å².